The van der Waals surface area contributed by atoms with Gasteiger partial charge in [-0.1, -0.05) is 36.4 Å². The Labute approximate surface area is 129 Å². The molecule has 0 saturated carbocycles. The van der Waals surface area contributed by atoms with E-state index in [2.05, 4.69) is 9.97 Å². The van der Waals surface area contributed by atoms with Crippen LogP contribution in [0.1, 0.15) is 5.82 Å². The highest BCUT2D eigenvalue weighted by atomic mass is 32.2. The zero-order valence-electron chi connectivity index (χ0n) is 12.4. The van der Waals surface area contributed by atoms with Gasteiger partial charge in [0.15, 0.2) is 9.84 Å². The van der Waals surface area contributed by atoms with E-state index < -0.39 is 9.84 Å². The number of aromatic amines is 1. The number of aryl methyl sites for hydroxylation is 1. The highest BCUT2D eigenvalue weighted by Gasteiger charge is 2.14. The van der Waals surface area contributed by atoms with Crippen LogP contribution in [0.2, 0.25) is 0 Å². The van der Waals surface area contributed by atoms with Crippen molar-refractivity contribution < 1.29 is 8.42 Å². The number of imidazole rings is 1. The van der Waals surface area contributed by atoms with Gasteiger partial charge < -0.3 is 4.98 Å². The van der Waals surface area contributed by atoms with E-state index >= 15 is 0 Å². The van der Waals surface area contributed by atoms with E-state index in [-0.39, 0.29) is 0 Å². The van der Waals surface area contributed by atoms with Gasteiger partial charge in [0, 0.05) is 11.8 Å². The van der Waals surface area contributed by atoms with Crippen LogP contribution in [0.25, 0.3) is 22.4 Å². The third-order valence-corrected chi connectivity index (χ3v) is 4.61. The third kappa shape index (κ3) is 2.80. The largest absolute Gasteiger partial charge is 0.342 e. The molecule has 0 aliphatic rings. The van der Waals surface area contributed by atoms with Gasteiger partial charge in [0.1, 0.15) is 5.82 Å². The summed E-state index contributed by atoms with van der Waals surface area (Å²) in [5.41, 5.74) is 3.64. The van der Waals surface area contributed by atoms with Gasteiger partial charge in [0.05, 0.1) is 16.8 Å². The minimum atomic E-state index is -3.25. The molecule has 0 unspecified atom stereocenters. The van der Waals surface area contributed by atoms with Gasteiger partial charge >= 0.3 is 0 Å². The van der Waals surface area contributed by atoms with Crippen molar-refractivity contribution in [2.75, 3.05) is 6.26 Å². The average molecular weight is 312 g/mol. The molecule has 1 heterocycles. The predicted molar refractivity (Wildman–Crippen MR) is 87.3 cm³/mol. The van der Waals surface area contributed by atoms with E-state index in [1.807, 2.05) is 43.3 Å². The van der Waals surface area contributed by atoms with Gasteiger partial charge in [-0.05, 0) is 30.2 Å². The Bertz CT molecular complexity index is 913. The van der Waals surface area contributed by atoms with Crippen molar-refractivity contribution in [1.29, 1.82) is 0 Å². The lowest BCUT2D eigenvalue weighted by molar-refractivity contribution is 0.602. The van der Waals surface area contributed by atoms with Crippen molar-refractivity contribution in [3.63, 3.8) is 0 Å². The first-order valence-corrected chi connectivity index (χ1v) is 8.76. The Morgan fingerprint density at radius 2 is 1.73 bits per heavy atom. The topological polar surface area (TPSA) is 62.8 Å². The van der Waals surface area contributed by atoms with Gasteiger partial charge in [0.2, 0.25) is 0 Å². The van der Waals surface area contributed by atoms with Crippen LogP contribution in [-0.2, 0) is 9.84 Å². The lowest BCUT2D eigenvalue weighted by atomic mass is 9.98. The fraction of sp³-hybridized carbons (Fsp3) is 0.118. The molecule has 2 aromatic carbocycles. The van der Waals surface area contributed by atoms with Crippen molar-refractivity contribution >= 4 is 9.84 Å². The van der Waals surface area contributed by atoms with E-state index in [9.17, 15) is 8.42 Å². The summed E-state index contributed by atoms with van der Waals surface area (Å²) in [4.78, 5) is 7.74. The molecule has 4 nitrogen and oxygen atoms in total. The molecular weight excluding hydrogens is 296 g/mol. The molecule has 0 radical (unpaired) electrons. The second-order valence-corrected chi connectivity index (χ2v) is 7.24. The number of nitrogens with zero attached hydrogens (tertiary/aromatic N) is 1. The highest BCUT2D eigenvalue weighted by molar-refractivity contribution is 7.90. The van der Waals surface area contributed by atoms with Crippen molar-refractivity contribution in [2.24, 2.45) is 0 Å². The summed E-state index contributed by atoms with van der Waals surface area (Å²) < 4.78 is 23.7. The molecule has 0 aliphatic carbocycles. The third-order valence-electron chi connectivity index (χ3n) is 3.50. The molecule has 3 rings (SSSR count). The molecule has 0 fully saturated rings. The molecule has 1 aromatic heterocycles. The first-order chi connectivity index (χ1) is 10.4. The van der Waals surface area contributed by atoms with E-state index in [0.29, 0.717) is 4.90 Å². The number of sulfone groups is 1. The summed E-state index contributed by atoms with van der Waals surface area (Å²) in [5.74, 6) is 0.821. The van der Waals surface area contributed by atoms with Crippen molar-refractivity contribution in [3.05, 3.63) is 60.6 Å². The summed E-state index contributed by atoms with van der Waals surface area (Å²) in [6.07, 6.45) is 2.98. The number of aromatic nitrogens is 2. The Hall–Kier alpha value is -2.40. The molecule has 1 N–H and O–H groups in total. The van der Waals surface area contributed by atoms with Crippen LogP contribution in [0.3, 0.4) is 0 Å². The van der Waals surface area contributed by atoms with E-state index in [1.54, 1.807) is 18.3 Å². The van der Waals surface area contributed by atoms with Crippen LogP contribution in [0, 0.1) is 6.92 Å². The lowest BCUT2D eigenvalue weighted by Gasteiger charge is -2.10. The minimum Gasteiger partial charge on any atom is -0.342 e. The summed E-state index contributed by atoms with van der Waals surface area (Å²) in [5, 5.41) is 0. The van der Waals surface area contributed by atoms with Gasteiger partial charge in [0.25, 0.3) is 0 Å². The fourth-order valence-electron chi connectivity index (χ4n) is 2.40. The van der Waals surface area contributed by atoms with Crippen molar-refractivity contribution in [3.8, 4) is 22.4 Å². The van der Waals surface area contributed by atoms with E-state index in [1.165, 1.54) is 6.26 Å². The monoisotopic (exact) mass is 312 g/mol. The van der Waals surface area contributed by atoms with Gasteiger partial charge in [-0.3, -0.25) is 0 Å². The number of H-pyrrole nitrogens is 1. The highest BCUT2D eigenvalue weighted by Crippen LogP contribution is 2.33. The van der Waals surface area contributed by atoms with E-state index in [0.717, 1.165) is 28.2 Å². The van der Waals surface area contributed by atoms with Crippen molar-refractivity contribution in [1.82, 2.24) is 9.97 Å². The maximum absolute atomic E-state index is 11.8. The standard InChI is InChI=1S/C17H16N2O2S/c1-12-18-11-17(19-12)15-9-8-14(22(2,20)21)10-16(15)13-6-4-3-5-7-13/h3-11H,1-2H3,(H,18,19). The summed E-state index contributed by atoms with van der Waals surface area (Å²) >= 11 is 0. The summed E-state index contributed by atoms with van der Waals surface area (Å²) in [6.45, 7) is 1.89. The molecule has 0 spiro atoms. The second-order valence-electron chi connectivity index (χ2n) is 5.23. The quantitative estimate of drug-likeness (QED) is 0.805. The normalized spacial score (nSPS) is 11.5. The predicted octanol–water partition coefficient (Wildman–Crippen LogP) is 3.46. The molecular formula is C17H16N2O2S. The summed E-state index contributed by atoms with van der Waals surface area (Å²) in [7, 11) is -3.25. The van der Waals surface area contributed by atoms with Crippen LogP contribution in [0.15, 0.2) is 59.6 Å². The Kier molecular flexibility index (Phi) is 3.58. The SMILES string of the molecule is Cc1ncc(-c2ccc(S(C)(=O)=O)cc2-c2ccccc2)[nH]1. The number of hydrogen-bond acceptors (Lipinski definition) is 3. The molecule has 3 aromatic rings. The Morgan fingerprint density at radius 3 is 2.32 bits per heavy atom. The fourth-order valence-corrected chi connectivity index (χ4v) is 3.05. The molecule has 0 saturated heterocycles. The Morgan fingerprint density at radius 1 is 1.00 bits per heavy atom. The molecule has 5 heteroatoms. The number of benzene rings is 2. The number of hydrogen-bond donors (Lipinski definition) is 1. The van der Waals surface area contributed by atoms with Crippen LogP contribution in [-0.4, -0.2) is 24.6 Å². The molecule has 0 aliphatic heterocycles. The van der Waals surface area contributed by atoms with Gasteiger partial charge in [-0.25, -0.2) is 13.4 Å². The number of rotatable bonds is 3. The Balaban J connectivity index is 2.26. The molecule has 0 amide bonds. The smallest absolute Gasteiger partial charge is 0.175 e. The zero-order valence-corrected chi connectivity index (χ0v) is 13.2. The first-order valence-electron chi connectivity index (χ1n) is 6.86. The molecule has 22 heavy (non-hydrogen) atoms. The van der Waals surface area contributed by atoms with Crippen LogP contribution < -0.4 is 0 Å². The summed E-state index contributed by atoms with van der Waals surface area (Å²) in [6, 6.07) is 14.9. The lowest BCUT2D eigenvalue weighted by Crippen LogP contribution is -1.98. The van der Waals surface area contributed by atoms with Gasteiger partial charge in [-0.15, -0.1) is 0 Å². The molecule has 0 bridgehead atoms. The number of nitrogens with one attached hydrogen (secondary N) is 1. The average Bonchev–Trinajstić information content (AvgIpc) is 2.93. The van der Waals surface area contributed by atoms with Crippen LogP contribution in [0.5, 0.6) is 0 Å². The van der Waals surface area contributed by atoms with E-state index in [4.69, 9.17) is 0 Å². The second kappa shape index (κ2) is 5.42. The maximum atomic E-state index is 11.8. The maximum Gasteiger partial charge on any atom is 0.175 e. The van der Waals surface area contributed by atoms with Crippen molar-refractivity contribution in [2.45, 2.75) is 11.8 Å². The van der Waals surface area contributed by atoms with Crippen LogP contribution >= 0.6 is 0 Å². The minimum absolute atomic E-state index is 0.311. The van der Waals surface area contributed by atoms with Gasteiger partial charge in [-0.2, -0.15) is 0 Å². The molecule has 112 valence electrons. The first kappa shape index (κ1) is 14.5. The zero-order chi connectivity index (χ0) is 15.7. The van der Waals surface area contributed by atoms with Crippen LogP contribution in [0.4, 0.5) is 0 Å². The molecule has 0 atom stereocenters.